The summed E-state index contributed by atoms with van der Waals surface area (Å²) in [6.07, 6.45) is 6.25. The van der Waals surface area contributed by atoms with Crippen molar-refractivity contribution in [3.8, 4) is 0 Å². The van der Waals surface area contributed by atoms with E-state index in [0.29, 0.717) is 26.9 Å². The molecule has 156 valence electrons. The standard InChI is InChI=1S/C20H18Cl2N4O3S/c1-30(28,29)7-6-25-17(24-15-9-12(21)8-14(22)18(15)25)11-26-16-10-23-5-2-13(16)20(3-4-20)19(26)27/h2,5,8-10H,3-4,6-7,11H2,1H3. The van der Waals surface area contributed by atoms with Crippen molar-refractivity contribution in [1.29, 1.82) is 0 Å². The first kappa shape index (κ1) is 19.8. The summed E-state index contributed by atoms with van der Waals surface area (Å²) in [6, 6.07) is 5.20. The molecule has 1 fully saturated rings. The zero-order chi connectivity index (χ0) is 21.3. The fraction of sp³-hybridized carbons (Fsp3) is 0.350. The topological polar surface area (TPSA) is 85.2 Å². The largest absolute Gasteiger partial charge is 0.324 e. The van der Waals surface area contributed by atoms with E-state index in [0.717, 1.165) is 24.1 Å². The van der Waals surface area contributed by atoms with Crippen LogP contribution in [0.25, 0.3) is 11.0 Å². The van der Waals surface area contributed by atoms with Gasteiger partial charge in [-0.25, -0.2) is 13.4 Å². The number of halogens is 2. The Balaban J connectivity index is 1.61. The molecule has 2 aromatic heterocycles. The first-order chi connectivity index (χ1) is 14.2. The molecule has 0 atom stereocenters. The maximum Gasteiger partial charge on any atom is 0.238 e. The highest BCUT2D eigenvalue weighted by molar-refractivity contribution is 7.90. The van der Waals surface area contributed by atoms with Crippen LogP contribution < -0.4 is 4.90 Å². The number of carbonyl (C=O) groups is 1. The highest BCUT2D eigenvalue weighted by Gasteiger charge is 2.59. The molecule has 3 aromatic rings. The van der Waals surface area contributed by atoms with Crippen molar-refractivity contribution in [1.82, 2.24) is 14.5 Å². The number of rotatable bonds is 5. The Morgan fingerprint density at radius 1 is 1.23 bits per heavy atom. The average Bonchev–Trinajstić information content (AvgIpc) is 3.35. The monoisotopic (exact) mass is 464 g/mol. The predicted molar refractivity (Wildman–Crippen MR) is 116 cm³/mol. The second-order valence-corrected chi connectivity index (χ2v) is 11.0. The predicted octanol–water partition coefficient (Wildman–Crippen LogP) is 3.36. The molecule has 2 aliphatic rings. The van der Waals surface area contributed by atoms with Crippen LogP contribution in [0.2, 0.25) is 10.0 Å². The normalized spacial score (nSPS) is 17.2. The lowest BCUT2D eigenvalue weighted by atomic mass is 9.99. The van der Waals surface area contributed by atoms with Gasteiger partial charge in [-0.1, -0.05) is 23.2 Å². The molecule has 0 N–H and O–H groups in total. The second kappa shape index (κ2) is 6.67. The van der Waals surface area contributed by atoms with Crippen LogP contribution >= 0.6 is 23.2 Å². The number of anilines is 1. The Kier molecular flexibility index (Phi) is 4.40. The summed E-state index contributed by atoms with van der Waals surface area (Å²) in [5.41, 5.74) is 2.52. The van der Waals surface area contributed by atoms with E-state index in [1.165, 1.54) is 6.26 Å². The number of amides is 1. The molecule has 1 aliphatic carbocycles. The van der Waals surface area contributed by atoms with Crippen molar-refractivity contribution in [2.45, 2.75) is 31.3 Å². The maximum absolute atomic E-state index is 13.2. The molecule has 0 unspecified atom stereocenters. The van der Waals surface area contributed by atoms with Gasteiger partial charge >= 0.3 is 0 Å². The fourth-order valence-electron chi connectivity index (χ4n) is 4.25. The number of sulfone groups is 1. The van der Waals surface area contributed by atoms with E-state index in [4.69, 9.17) is 23.2 Å². The highest BCUT2D eigenvalue weighted by atomic mass is 35.5. The molecular formula is C20H18Cl2N4O3S. The van der Waals surface area contributed by atoms with Crippen LogP contribution in [-0.2, 0) is 33.1 Å². The molecule has 30 heavy (non-hydrogen) atoms. The average molecular weight is 465 g/mol. The molecule has 1 aromatic carbocycles. The summed E-state index contributed by atoms with van der Waals surface area (Å²) >= 11 is 12.6. The SMILES string of the molecule is CS(=O)(=O)CCn1c(CN2C(=O)C3(CC3)c3ccncc32)nc2cc(Cl)cc(Cl)c21. The van der Waals surface area contributed by atoms with Gasteiger partial charge in [-0.2, -0.15) is 0 Å². The molecule has 1 amide bonds. The number of benzene rings is 1. The molecule has 0 radical (unpaired) electrons. The minimum atomic E-state index is -3.21. The lowest BCUT2D eigenvalue weighted by Crippen LogP contribution is -2.32. The summed E-state index contributed by atoms with van der Waals surface area (Å²) in [5.74, 6) is 0.524. The number of imidazole rings is 1. The van der Waals surface area contributed by atoms with Crippen LogP contribution in [0.4, 0.5) is 5.69 Å². The molecule has 5 rings (SSSR count). The number of hydrogen-bond donors (Lipinski definition) is 0. The Morgan fingerprint density at radius 3 is 2.70 bits per heavy atom. The number of aryl methyl sites for hydroxylation is 1. The zero-order valence-electron chi connectivity index (χ0n) is 16.1. The van der Waals surface area contributed by atoms with Gasteiger partial charge in [-0.05, 0) is 36.6 Å². The lowest BCUT2D eigenvalue weighted by Gasteiger charge is -2.18. The van der Waals surface area contributed by atoms with Crippen molar-refractivity contribution in [2.75, 3.05) is 16.9 Å². The van der Waals surface area contributed by atoms with Gasteiger partial charge in [-0.15, -0.1) is 0 Å². The maximum atomic E-state index is 13.2. The second-order valence-electron chi connectivity index (χ2n) is 7.93. The smallest absolute Gasteiger partial charge is 0.238 e. The van der Waals surface area contributed by atoms with Crippen LogP contribution in [0.15, 0.2) is 30.6 Å². The first-order valence-electron chi connectivity index (χ1n) is 9.48. The van der Waals surface area contributed by atoms with E-state index >= 15 is 0 Å². The minimum Gasteiger partial charge on any atom is -0.324 e. The van der Waals surface area contributed by atoms with Gasteiger partial charge < -0.3 is 9.47 Å². The molecular weight excluding hydrogens is 447 g/mol. The molecule has 7 nitrogen and oxygen atoms in total. The molecule has 0 saturated heterocycles. The molecule has 1 aliphatic heterocycles. The number of aromatic nitrogens is 3. The summed E-state index contributed by atoms with van der Waals surface area (Å²) < 4.78 is 25.4. The van der Waals surface area contributed by atoms with Gasteiger partial charge in [0.15, 0.2) is 0 Å². The van der Waals surface area contributed by atoms with Crippen LogP contribution in [0.5, 0.6) is 0 Å². The third kappa shape index (κ3) is 3.09. The first-order valence-corrected chi connectivity index (χ1v) is 12.3. The zero-order valence-corrected chi connectivity index (χ0v) is 18.4. The Hall–Kier alpha value is -2.16. The Bertz CT molecular complexity index is 1320. The third-order valence-electron chi connectivity index (χ3n) is 5.84. The van der Waals surface area contributed by atoms with E-state index in [1.54, 1.807) is 34.0 Å². The van der Waals surface area contributed by atoms with Crippen molar-refractivity contribution >= 4 is 55.7 Å². The summed E-state index contributed by atoms with van der Waals surface area (Å²) in [4.78, 5) is 23.8. The highest BCUT2D eigenvalue weighted by Crippen LogP contribution is 2.57. The van der Waals surface area contributed by atoms with E-state index in [1.807, 2.05) is 6.07 Å². The quantitative estimate of drug-likeness (QED) is 0.577. The van der Waals surface area contributed by atoms with Gasteiger partial charge in [-0.3, -0.25) is 9.78 Å². The number of hydrogen-bond acceptors (Lipinski definition) is 5. The molecule has 1 spiro atoms. The van der Waals surface area contributed by atoms with Gasteiger partial charge in [0, 0.05) is 24.0 Å². The van der Waals surface area contributed by atoms with Crippen LogP contribution in [0.1, 0.15) is 24.2 Å². The number of pyridine rings is 1. The van der Waals surface area contributed by atoms with Crippen molar-refractivity contribution < 1.29 is 13.2 Å². The summed E-state index contributed by atoms with van der Waals surface area (Å²) in [7, 11) is -3.21. The van der Waals surface area contributed by atoms with Crippen LogP contribution in [0, 0.1) is 0 Å². The van der Waals surface area contributed by atoms with E-state index < -0.39 is 15.3 Å². The van der Waals surface area contributed by atoms with Gasteiger partial charge in [0.25, 0.3) is 0 Å². The summed E-state index contributed by atoms with van der Waals surface area (Å²) in [6.45, 7) is 0.380. The number of carbonyl (C=O) groups excluding carboxylic acids is 1. The fourth-order valence-corrected chi connectivity index (χ4v) is 5.35. The minimum absolute atomic E-state index is 0.0383. The van der Waals surface area contributed by atoms with Crippen LogP contribution in [0.3, 0.4) is 0 Å². The van der Waals surface area contributed by atoms with Crippen molar-refractivity contribution in [3.63, 3.8) is 0 Å². The Morgan fingerprint density at radius 2 is 2.00 bits per heavy atom. The molecule has 1 saturated carbocycles. The van der Waals surface area contributed by atoms with E-state index in [9.17, 15) is 13.2 Å². The number of fused-ring (bicyclic) bond motifs is 3. The van der Waals surface area contributed by atoms with Gasteiger partial charge in [0.2, 0.25) is 5.91 Å². The molecule has 0 bridgehead atoms. The number of nitrogens with zero attached hydrogens (tertiary/aromatic N) is 4. The van der Waals surface area contributed by atoms with Gasteiger partial charge in [0.1, 0.15) is 15.7 Å². The van der Waals surface area contributed by atoms with E-state index in [-0.39, 0.29) is 24.7 Å². The van der Waals surface area contributed by atoms with Gasteiger partial charge in [0.05, 0.1) is 45.7 Å². The molecule has 3 heterocycles. The summed E-state index contributed by atoms with van der Waals surface area (Å²) in [5, 5.41) is 0.828. The lowest BCUT2D eigenvalue weighted by molar-refractivity contribution is -0.120. The van der Waals surface area contributed by atoms with Crippen LogP contribution in [-0.4, -0.2) is 40.9 Å². The molecule has 10 heteroatoms. The van der Waals surface area contributed by atoms with E-state index in [2.05, 4.69) is 9.97 Å². The Labute approximate surface area is 183 Å². The third-order valence-corrected chi connectivity index (χ3v) is 7.27. The van der Waals surface area contributed by atoms with Crippen molar-refractivity contribution in [2.24, 2.45) is 0 Å². The van der Waals surface area contributed by atoms with Crippen molar-refractivity contribution in [3.05, 3.63) is 52.0 Å².